The Hall–Kier alpha value is -3.94. The molecule has 1 heterocycles. The monoisotopic (exact) mass is 630 g/mol. The Morgan fingerprint density at radius 2 is 1.41 bits per heavy atom. The lowest BCUT2D eigenvalue weighted by Crippen LogP contribution is -2.48. The number of carbonyl (C=O) groups is 3. The van der Waals surface area contributed by atoms with Gasteiger partial charge in [0, 0.05) is 22.0 Å². The molecule has 0 radical (unpaired) electrons. The molecule has 4 unspecified atom stereocenters. The largest absolute Gasteiger partial charge is 0.469 e. The molecule has 4 aromatic rings. The molecule has 0 saturated carbocycles. The lowest BCUT2D eigenvalue weighted by molar-refractivity contribution is -0.146. The van der Waals surface area contributed by atoms with E-state index >= 15 is 0 Å². The van der Waals surface area contributed by atoms with Crippen LogP contribution in [0.2, 0.25) is 5.02 Å². The standard InChI is InChI=1S/C33H28BrClN2O4/c1-41-33(40)28-27(21-12-4-2-5-13-21)30(31(38)36-20-23-16-8-11-19-26(23)35)37(29(28)22-14-6-3-7-15-22)32(39)24-17-9-10-18-25(24)34/h2-19,27-30H,20H2,1H3,(H,36,38). The van der Waals surface area contributed by atoms with Crippen LogP contribution < -0.4 is 5.32 Å². The maximum Gasteiger partial charge on any atom is 0.311 e. The van der Waals surface area contributed by atoms with Gasteiger partial charge in [-0.05, 0) is 50.8 Å². The van der Waals surface area contributed by atoms with Gasteiger partial charge in [-0.1, -0.05) is 103 Å². The number of benzene rings is 4. The van der Waals surface area contributed by atoms with Crippen LogP contribution in [0.3, 0.4) is 0 Å². The van der Waals surface area contributed by atoms with Gasteiger partial charge in [0.2, 0.25) is 5.91 Å². The van der Waals surface area contributed by atoms with Gasteiger partial charge in [-0.25, -0.2) is 0 Å². The fourth-order valence-electron chi connectivity index (χ4n) is 5.65. The van der Waals surface area contributed by atoms with E-state index in [4.69, 9.17) is 16.3 Å². The molecule has 1 aliphatic heterocycles. The summed E-state index contributed by atoms with van der Waals surface area (Å²) in [6.07, 6.45) is 0. The maximum atomic E-state index is 14.5. The third-order valence-corrected chi connectivity index (χ3v) is 8.54. The Morgan fingerprint density at radius 3 is 2.05 bits per heavy atom. The molecule has 5 rings (SSSR count). The Balaban J connectivity index is 1.69. The number of methoxy groups -OCH3 is 1. The molecule has 1 fully saturated rings. The highest BCUT2D eigenvalue weighted by molar-refractivity contribution is 9.10. The summed E-state index contributed by atoms with van der Waals surface area (Å²) in [7, 11) is 1.33. The van der Waals surface area contributed by atoms with Crippen molar-refractivity contribution in [1.29, 1.82) is 0 Å². The number of rotatable bonds is 7. The summed E-state index contributed by atoms with van der Waals surface area (Å²) in [5.41, 5.74) is 2.61. The quantitative estimate of drug-likeness (QED) is 0.235. The molecule has 4 aromatic carbocycles. The summed E-state index contributed by atoms with van der Waals surface area (Å²) in [6, 6.07) is 31.2. The van der Waals surface area contributed by atoms with Gasteiger partial charge >= 0.3 is 5.97 Å². The first-order valence-electron chi connectivity index (χ1n) is 13.2. The van der Waals surface area contributed by atoms with E-state index in [1.807, 2.05) is 84.9 Å². The Bertz CT molecular complexity index is 1550. The first kappa shape index (κ1) is 28.6. The van der Waals surface area contributed by atoms with E-state index in [2.05, 4.69) is 21.2 Å². The van der Waals surface area contributed by atoms with Gasteiger partial charge in [0.15, 0.2) is 0 Å². The number of nitrogens with zero attached hydrogens (tertiary/aromatic N) is 1. The molecule has 8 heteroatoms. The molecule has 0 aromatic heterocycles. The zero-order chi connectivity index (χ0) is 28.9. The molecular formula is C33H28BrClN2O4. The smallest absolute Gasteiger partial charge is 0.311 e. The van der Waals surface area contributed by atoms with Gasteiger partial charge in [-0.15, -0.1) is 0 Å². The second-order valence-corrected chi connectivity index (χ2v) is 11.0. The van der Waals surface area contributed by atoms with Crippen molar-refractivity contribution >= 4 is 45.3 Å². The average molecular weight is 632 g/mol. The van der Waals surface area contributed by atoms with Crippen LogP contribution in [0.1, 0.15) is 39.0 Å². The van der Waals surface area contributed by atoms with Crippen LogP contribution in [0.25, 0.3) is 0 Å². The van der Waals surface area contributed by atoms with E-state index in [0.717, 1.165) is 16.7 Å². The van der Waals surface area contributed by atoms with Crippen LogP contribution in [0, 0.1) is 5.92 Å². The first-order valence-corrected chi connectivity index (χ1v) is 14.4. The van der Waals surface area contributed by atoms with Crippen LogP contribution in [0.4, 0.5) is 0 Å². The molecule has 41 heavy (non-hydrogen) atoms. The second kappa shape index (κ2) is 12.7. The normalized spacial score (nSPS) is 19.9. The van der Waals surface area contributed by atoms with Gasteiger partial charge < -0.3 is 15.0 Å². The molecule has 0 bridgehead atoms. The summed E-state index contributed by atoms with van der Waals surface area (Å²) in [4.78, 5) is 43.9. The van der Waals surface area contributed by atoms with E-state index in [-0.39, 0.29) is 12.5 Å². The summed E-state index contributed by atoms with van der Waals surface area (Å²) >= 11 is 9.88. The number of hydrogen-bond donors (Lipinski definition) is 1. The average Bonchev–Trinajstić information content (AvgIpc) is 3.37. The molecular weight excluding hydrogens is 604 g/mol. The van der Waals surface area contributed by atoms with Crippen LogP contribution in [0.5, 0.6) is 0 Å². The van der Waals surface area contributed by atoms with Crippen molar-refractivity contribution < 1.29 is 19.1 Å². The van der Waals surface area contributed by atoms with Crippen LogP contribution in [-0.4, -0.2) is 35.8 Å². The molecule has 1 N–H and O–H groups in total. The fraction of sp³-hybridized carbons (Fsp3) is 0.182. The summed E-state index contributed by atoms with van der Waals surface area (Å²) in [6.45, 7) is 0.159. The Morgan fingerprint density at radius 1 is 0.829 bits per heavy atom. The van der Waals surface area contributed by atoms with Gasteiger partial charge in [-0.2, -0.15) is 0 Å². The highest BCUT2D eigenvalue weighted by atomic mass is 79.9. The van der Waals surface area contributed by atoms with Crippen molar-refractivity contribution in [1.82, 2.24) is 10.2 Å². The molecule has 0 aliphatic carbocycles. The van der Waals surface area contributed by atoms with E-state index in [1.165, 1.54) is 7.11 Å². The van der Waals surface area contributed by atoms with Crippen molar-refractivity contribution in [2.24, 2.45) is 5.92 Å². The number of likely N-dealkylation sites (tertiary alicyclic amines) is 1. The lowest BCUT2D eigenvalue weighted by Gasteiger charge is -2.32. The van der Waals surface area contributed by atoms with E-state index < -0.39 is 35.8 Å². The predicted molar refractivity (Wildman–Crippen MR) is 161 cm³/mol. The number of ether oxygens (including phenoxy) is 1. The number of halogens is 2. The number of esters is 1. The van der Waals surface area contributed by atoms with Gasteiger partial charge in [-0.3, -0.25) is 14.4 Å². The third-order valence-electron chi connectivity index (χ3n) is 7.48. The molecule has 0 spiro atoms. The van der Waals surface area contributed by atoms with Crippen LogP contribution in [-0.2, 0) is 20.9 Å². The summed E-state index contributed by atoms with van der Waals surface area (Å²) < 4.78 is 5.92. The highest BCUT2D eigenvalue weighted by Gasteiger charge is 2.58. The van der Waals surface area contributed by atoms with Gasteiger partial charge in [0.1, 0.15) is 6.04 Å². The Labute approximate surface area is 252 Å². The van der Waals surface area contributed by atoms with E-state index in [1.54, 1.807) is 29.2 Å². The fourth-order valence-corrected chi connectivity index (χ4v) is 6.31. The minimum absolute atomic E-state index is 0.159. The Kier molecular flexibility index (Phi) is 8.86. The predicted octanol–water partition coefficient (Wildman–Crippen LogP) is 6.56. The van der Waals surface area contributed by atoms with Gasteiger partial charge in [0.05, 0.1) is 24.6 Å². The number of nitrogens with one attached hydrogen (secondary N) is 1. The van der Waals surface area contributed by atoms with Crippen molar-refractivity contribution in [3.8, 4) is 0 Å². The third kappa shape index (κ3) is 5.78. The lowest BCUT2D eigenvalue weighted by atomic mass is 9.80. The first-order chi connectivity index (χ1) is 19.9. The van der Waals surface area contributed by atoms with Crippen molar-refractivity contribution in [3.05, 3.63) is 141 Å². The van der Waals surface area contributed by atoms with Crippen LogP contribution in [0.15, 0.2) is 114 Å². The molecule has 2 amide bonds. The van der Waals surface area contributed by atoms with E-state index in [9.17, 15) is 14.4 Å². The number of amides is 2. The maximum absolute atomic E-state index is 14.5. The van der Waals surface area contributed by atoms with E-state index in [0.29, 0.717) is 15.1 Å². The van der Waals surface area contributed by atoms with Crippen LogP contribution >= 0.6 is 27.5 Å². The summed E-state index contributed by atoms with van der Waals surface area (Å²) in [5, 5.41) is 3.52. The highest BCUT2D eigenvalue weighted by Crippen LogP contribution is 2.51. The molecule has 1 aliphatic rings. The van der Waals surface area contributed by atoms with Crippen molar-refractivity contribution in [2.75, 3.05) is 7.11 Å². The van der Waals surface area contributed by atoms with Gasteiger partial charge in [0.25, 0.3) is 5.91 Å². The summed E-state index contributed by atoms with van der Waals surface area (Å²) in [5.74, 6) is -2.82. The zero-order valence-corrected chi connectivity index (χ0v) is 24.6. The van der Waals surface area contributed by atoms with Crippen molar-refractivity contribution in [3.63, 3.8) is 0 Å². The molecule has 1 saturated heterocycles. The minimum atomic E-state index is -1.03. The minimum Gasteiger partial charge on any atom is -0.469 e. The zero-order valence-electron chi connectivity index (χ0n) is 22.2. The second-order valence-electron chi connectivity index (χ2n) is 9.79. The number of carbonyl (C=O) groups excluding carboxylic acids is 3. The molecule has 4 atom stereocenters. The van der Waals surface area contributed by atoms with Crippen molar-refractivity contribution in [2.45, 2.75) is 24.5 Å². The molecule has 208 valence electrons. The SMILES string of the molecule is COC(=O)C1C(c2ccccc2)C(C(=O)NCc2ccccc2Cl)N(C(=O)c2ccccc2Br)C1c1ccccc1. The molecule has 6 nitrogen and oxygen atoms in total. The topological polar surface area (TPSA) is 75.7 Å². The number of hydrogen-bond acceptors (Lipinski definition) is 4.